The molecule has 9 nitrogen and oxygen atoms in total. The largest absolute Gasteiger partial charge is 0.515 e. The molecule has 10 heteroatoms. The van der Waals surface area contributed by atoms with Crippen LogP contribution in [0.3, 0.4) is 0 Å². The van der Waals surface area contributed by atoms with E-state index in [4.69, 9.17) is 5.73 Å². The van der Waals surface area contributed by atoms with E-state index in [1.165, 1.54) is 0 Å². The van der Waals surface area contributed by atoms with Gasteiger partial charge in [-0.05, 0) is 32.0 Å². The van der Waals surface area contributed by atoms with Crippen LogP contribution in [0.5, 0.6) is 0 Å². The molecule has 1 saturated heterocycles. The fraction of sp³-hybridized carbons (Fsp3) is 0.500. The lowest BCUT2D eigenvalue weighted by atomic mass is 9.99. The molecule has 4 rings (SSSR count). The third kappa shape index (κ3) is 4.91. The number of allylic oxidation sites excluding steroid dienone is 1. The maximum atomic E-state index is 14.3. The summed E-state index contributed by atoms with van der Waals surface area (Å²) < 4.78 is 14.3. The Morgan fingerprint density at radius 1 is 1.31 bits per heavy atom. The first-order chi connectivity index (χ1) is 15.4. The van der Waals surface area contributed by atoms with Crippen LogP contribution in [-0.4, -0.2) is 76.1 Å². The SMILES string of the molecule is CN1CCN(C2C=CC(Nc3ncc(F)c(N[C@@H]4CCC[C@@H]4C(N)=O)n3)=CC2=CO)CC1. The van der Waals surface area contributed by atoms with Crippen LogP contribution < -0.4 is 16.4 Å². The molecule has 3 aliphatic rings. The van der Waals surface area contributed by atoms with Gasteiger partial charge in [0.05, 0.1) is 24.4 Å². The number of aliphatic hydroxyl groups excluding tert-OH is 1. The number of nitrogens with one attached hydrogen (secondary N) is 2. The van der Waals surface area contributed by atoms with E-state index in [2.05, 4.69) is 37.4 Å². The van der Waals surface area contributed by atoms with Crippen LogP contribution in [0.4, 0.5) is 16.2 Å². The van der Waals surface area contributed by atoms with Crippen molar-refractivity contribution in [2.24, 2.45) is 11.7 Å². The summed E-state index contributed by atoms with van der Waals surface area (Å²) in [6, 6.07) is -0.245. The summed E-state index contributed by atoms with van der Waals surface area (Å²) in [6.07, 6.45) is 10.3. The first-order valence-corrected chi connectivity index (χ1v) is 11.0. The number of halogens is 1. The van der Waals surface area contributed by atoms with Crippen LogP contribution in [0, 0.1) is 11.7 Å². The number of primary amides is 1. The standard InChI is InChI=1S/C22H30FN7O2/c1-29-7-9-30(10-8-29)19-6-5-15(11-14(19)13-31)26-22-25-12-17(23)21(28-22)27-18-4-2-3-16(18)20(24)32/h5-6,11-13,16,18-19,31H,2-4,7-10H2,1H3,(H2,24,32)(H2,25,26,27,28)/t16-,18+,19?/m0/s1. The zero-order valence-electron chi connectivity index (χ0n) is 18.2. The fourth-order valence-electron chi connectivity index (χ4n) is 4.55. The Morgan fingerprint density at radius 3 is 2.81 bits per heavy atom. The van der Waals surface area contributed by atoms with Gasteiger partial charge in [-0.25, -0.2) is 9.37 Å². The van der Waals surface area contributed by atoms with Crippen molar-refractivity contribution in [3.05, 3.63) is 47.8 Å². The number of hydrogen-bond acceptors (Lipinski definition) is 8. The van der Waals surface area contributed by atoms with Crippen LogP contribution in [0.2, 0.25) is 0 Å². The molecule has 0 aromatic carbocycles. The topological polar surface area (TPSA) is 120 Å². The average Bonchev–Trinajstić information content (AvgIpc) is 3.25. The highest BCUT2D eigenvalue weighted by Gasteiger charge is 2.32. The van der Waals surface area contributed by atoms with Crippen molar-refractivity contribution < 1.29 is 14.3 Å². The molecular weight excluding hydrogens is 413 g/mol. The number of carbonyl (C=O) groups excluding carboxylic acids is 1. The van der Waals surface area contributed by atoms with Crippen molar-refractivity contribution >= 4 is 17.7 Å². The smallest absolute Gasteiger partial charge is 0.229 e. The van der Waals surface area contributed by atoms with Gasteiger partial charge in [0, 0.05) is 43.5 Å². The Kier molecular flexibility index (Phi) is 6.71. The zero-order chi connectivity index (χ0) is 22.7. The highest BCUT2D eigenvalue weighted by molar-refractivity contribution is 5.78. The molecule has 3 atom stereocenters. The Labute approximate surface area is 186 Å². The number of carbonyl (C=O) groups is 1. The molecule has 172 valence electrons. The zero-order valence-corrected chi connectivity index (χ0v) is 18.2. The minimum atomic E-state index is -0.593. The number of anilines is 2. The average molecular weight is 444 g/mol. The molecule has 5 N–H and O–H groups in total. The quantitative estimate of drug-likeness (QED) is 0.490. The number of hydrogen-bond donors (Lipinski definition) is 4. The Hall–Kier alpha value is -2.98. The van der Waals surface area contributed by atoms with Gasteiger partial charge in [-0.3, -0.25) is 9.69 Å². The molecule has 32 heavy (non-hydrogen) atoms. The van der Waals surface area contributed by atoms with E-state index in [0.29, 0.717) is 12.1 Å². The lowest BCUT2D eigenvalue weighted by Gasteiger charge is -2.38. The Morgan fingerprint density at radius 2 is 2.09 bits per heavy atom. The molecule has 1 unspecified atom stereocenters. The summed E-state index contributed by atoms with van der Waals surface area (Å²) in [6.45, 7) is 3.80. The van der Waals surface area contributed by atoms with Crippen molar-refractivity contribution in [3.8, 4) is 0 Å². The third-order valence-electron chi connectivity index (χ3n) is 6.41. The lowest BCUT2D eigenvalue weighted by Crippen LogP contribution is -2.49. The summed E-state index contributed by atoms with van der Waals surface area (Å²) in [7, 11) is 2.10. The van der Waals surface area contributed by atoms with Crippen LogP contribution in [-0.2, 0) is 4.79 Å². The van der Waals surface area contributed by atoms with Crippen LogP contribution >= 0.6 is 0 Å². The second kappa shape index (κ2) is 9.66. The predicted octanol–water partition coefficient (Wildman–Crippen LogP) is 1.61. The lowest BCUT2D eigenvalue weighted by molar-refractivity contribution is -0.121. The van der Waals surface area contributed by atoms with Gasteiger partial charge in [0.2, 0.25) is 11.9 Å². The van der Waals surface area contributed by atoms with Crippen molar-refractivity contribution in [2.45, 2.75) is 31.3 Å². The molecule has 1 aromatic heterocycles. The summed E-state index contributed by atoms with van der Waals surface area (Å²) in [4.78, 5) is 24.5. The molecule has 2 aliphatic carbocycles. The molecule has 0 spiro atoms. The van der Waals surface area contributed by atoms with Gasteiger partial charge < -0.3 is 26.4 Å². The normalized spacial score (nSPS) is 28.0. The number of aliphatic hydroxyl groups is 1. The van der Waals surface area contributed by atoms with E-state index in [1.54, 1.807) is 0 Å². The van der Waals surface area contributed by atoms with Gasteiger partial charge in [-0.2, -0.15) is 4.98 Å². The van der Waals surface area contributed by atoms with Gasteiger partial charge in [0.25, 0.3) is 0 Å². The Bertz CT molecular complexity index is 940. The summed E-state index contributed by atoms with van der Waals surface area (Å²) in [5.41, 5.74) is 6.91. The van der Waals surface area contributed by atoms with E-state index in [9.17, 15) is 14.3 Å². The summed E-state index contributed by atoms with van der Waals surface area (Å²) >= 11 is 0. The van der Waals surface area contributed by atoms with Crippen molar-refractivity contribution in [1.29, 1.82) is 0 Å². The van der Waals surface area contributed by atoms with E-state index in [1.807, 2.05) is 18.2 Å². The Balaban J connectivity index is 1.44. The maximum absolute atomic E-state index is 14.3. The molecule has 1 aliphatic heterocycles. The van der Waals surface area contributed by atoms with Crippen LogP contribution in [0.25, 0.3) is 0 Å². The van der Waals surface area contributed by atoms with Gasteiger partial charge in [0.1, 0.15) is 0 Å². The molecule has 2 fully saturated rings. The first kappa shape index (κ1) is 22.2. The highest BCUT2D eigenvalue weighted by Crippen LogP contribution is 2.29. The van der Waals surface area contributed by atoms with E-state index < -0.39 is 5.82 Å². The number of piperazine rings is 1. The molecule has 1 saturated carbocycles. The number of rotatable bonds is 6. The number of aromatic nitrogens is 2. The van der Waals surface area contributed by atoms with Gasteiger partial charge >= 0.3 is 0 Å². The van der Waals surface area contributed by atoms with Crippen LogP contribution in [0.15, 0.2) is 42.0 Å². The molecule has 0 radical (unpaired) electrons. The number of amides is 1. The minimum Gasteiger partial charge on any atom is -0.515 e. The third-order valence-corrected chi connectivity index (χ3v) is 6.41. The van der Waals surface area contributed by atoms with Crippen LogP contribution in [0.1, 0.15) is 19.3 Å². The monoisotopic (exact) mass is 443 g/mol. The second-order valence-electron chi connectivity index (χ2n) is 8.58. The molecular formula is C22H30FN7O2. The number of likely N-dealkylation sites (N-methyl/N-ethyl adjacent to an activating group) is 1. The second-order valence-corrected chi connectivity index (χ2v) is 8.58. The first-order valence-electron chi connectivity index (χ1n) is 11.0. The number of nitrogens with zero attached hydrogens (tertiary/aromatic N) is 4. The minimum absolute atomic E-state index is 0.00119. The molecule has 1 aromatic rings. The molecule has 0 bridgehead atoms. The van der Waals surface area contributed by atoms with E-state index in [-0.39, 0.29) is 35.7 Å². The summed E-state index contributed by atoms with van der Waals surface area (Å²) in [5, 5.41) is 15.9. The van der Waals surface area contributed by atoms with Crippen molar-refractivity contribution in [1.82, 2.24) is 19.8 Å². The molecule has 1 amide bonds. The predicted molar refractivity (Wildman–Crippen MR) is 120 cm³/mol. The fourth-order valence-corrected chi connectivity index (χ4v) is 4.55. The summed E-state index contributed by atoms with van der Waals surface area (Å²) in [5.74, 6) is -1.06. The van der Waals surface area contributed by atoms with E-state index in [0.717, 1.165) is 57.1 Å². The highest BCUT2D eigenvalue weighted by atomic mass is 19.1. The molecule has 2 heterocycles. The number of nitrogens with two attached hydrogens (primary N) is 1. The van der Waals surface area contributed by atoms with Crippen molar-refractivity contribution in [2.75, 3.05) is 43.9 Å². The maximum Gasteiger partial charge on any atom is 0.229 e. The van der Waals surface area contributed by atoms with Gasteiger partial charge in [0.15, 0.2) is 11.6 Å². The van der Waals surface area contributed by atoms with E-state index >= 15 is 0 Å². The van der Waals surface area contributed by atoms with Crippen molar-refractivity contribution in [3.63, 3.8) is 0 Å². The van der Waals surface area contributed by atoms with Gasteiger partial charge in [-0.15, -0.1) is 0 Å². The van der Waals surface area contributed by atoms with Gasteiger partial charge in [-0.1, -0.05) is 12.5 Å².